The molecule has 2 aromatic carbocycles. The van der Waals surface area contributed by atoms with Crippen LogP contribution in [0.4, 0.5) is 10.1 Å². The zero-order chi connectivity index (χ0) is 25.5. The Bertz CT molecular complexity index is 1080. The first-order valence-electron chi connectivity index (χ1n) is 11.3. The minimum absolute atomic E-state index is 0.0573. The number of hydrogen-bond acceptors (Lipinski definition) is 4. The van der Waals surface area contributed by atoms with Gasteiger partial charge < -0.3 is 10.2 Å². The highest BCUT2D eigenvalue weighted by atomic mass is 32.2. The molecular formula is C25H34FN3O4S. The number of hydrogen-bond donors (Lipinski definition) is 1. The fraction of sp³-hybridized carbons (Fsp3) is 0.440. The lowest BCUT2D eigenvalue weighted by Gasteiger charge is -2.29. The molecule has 2 aromatic rings. The molecule has 0 spiro atoms. The second-order valence-electron chi connectivity index (χ2n) is 8.50. The maximum absolute atomic E-state index is 13.3. The van der Waals surface area contributed by atoms with Gasteiger partial charge in [0.15, 0.2) is 0 Å². The van der Waals surface area contributed by atoms with Gasteiger partial charge in [-0.2, -0.15) is 0 Å². The predicted molar refractivity (Wildman–Crippen MR) is 132 cm³/mol. The van der Waals surface area contributed by atoms with Gasteiger partial charge in [0.25, 0.3) is 0 Å². The van der Waals surface area contributed by atoms with E-state index in [4.69, 9.17) is 0 Å². The van der Waals surface area contributed by atoms with Crippen molar-refractivity contribution in [3.8, 4) is 0 Å². The standard InChI is InChI=1S/C25H34FN3O4S/c1-6-27-25(31)20(4)28(17-21-9-11-22(26)12-10-21)24(30)8-7-13-29(34(5,32)33)23-15-18(2)14-19(3)16-23/h9-12,14-16,20H,6-8,13,17H2,1-5H3,(H,27,31). The second kappa shape index (κ2) is 12.0. The topological polar surface area (TPSA) is 86.8 Å². The van der Waals surface area contributed by atoms with E-state index in [9.17, 15) is 22.4 Å². The number of rotatable bonds is 11. The number of nitrogens with zero attached hydrogens (tertiary/aromatic N) is 2. The molecule has 186 valence electrons. The molecule has 2 amide bonds. The predicted octanol–water partition coefficient (Wildman–Crippen LogP) is 3.54. The number of anilines is 1. The van der Waals surface area contributed by atoms with Crippen LogP contribution in [0.5, 0.6) is 0 Å². The molecule has 0 aliphatic carbocycles. The lowest BCUT2D eigenvalue weighted by atomic mass is 10.1. The van der Waals surface area contributed by atoms with E-state index in [2.05, 4.69) is 5.32 Å². The van der Waals surface area contributed by atoms with Crippen molar-refractivity contribution in [2.45, 2.75) is 53.1 Å². The van der Waals surface area contributed by atoms with Crippen LogP contribution in [0.3, 0.4) is 0 Å². The van der Waals surface area contributed by atoms with Crippen molar-refractivity contribution >= 4 is 27.5 Å². The molecule has 9 heteroatoms. The van der Waals surface area contributed by atoms with E-state index in [1.807, 2.05) is 19.9 Å². The second-order valence-corrected chi connectivity index (χ2v) is 10.4. The summed E-state index contributed by atoms with van der Waals surface area (Å²) in [6.07, 6.45) is 1.48. The smallest absolute Gasteiger partial charge is 0.242 e. The van der Waals surface area contributed by atoms with Crippen molar-refractivity contribution < 1.29 is 22.4 Å². The van der Waals surface area contributed by atoms with Crippen molar-refractivity contribution in [2.24, 2.45) is 0 Å². The quantitative estimate of drug-likeness (QED) is 0.521. The molecule has 0 radical (unpaired) electrons. The summed E-state index contributed by atoms with van der Waals surface area (Å²) in [4.78, 5) is 27.0. The maximum atomic E-state index is 13.3. The van der Waals surface area contributed by atoms with E-state index in [-0.39, 0.29) is 43.6 Å². The molecule has 0 fully saturated rings. The molecule has 0 aliphatic rings. The van der Waals surface area contributed by atoms with Crippen LogP contribution in [0.25, 0.3) is 0 Å². The van der Waals surface area contributed by atoms with Crippen molar-refractivity contribution in [1.29, 1.82) is 0 Å². The lowest BCUT2D eigenvalue weighted by Crippen LogP contribution is -2.47. The van der Waals surface area contributed by atoms with Crippen LogP contribution in [-0.4, -0.2) is 50.5 Å². The number of halogens is 1. The summed E-state index contributed by atoms with van der Waals surface area (Å²) in [7, 11) is -3.55. The van der Waals surface area contributed by atoms with Crippen LogP contribution in [0, 0.1) is 19.7 Å². The van der Waals surface area contributed by atoms with Crippen LogP contribution in [0.1, 0.15) is 43.4 Å². The molecule has 0 heterocycles. The van der Waals surface area contributed by atoms with E-state index < -0.39 is 16.1 Å². The number of likely N-dealkylation sites (N-methyl/N-ethyl adjacent to an activating group) is 1. The Kier molecular flexibility index (Phi) is 9.61. The minimum Gasteiger partial charge on any atom is -0.355 e. The van der Waals surface area contributed by atoms with Gasteiger partial charge in [-0.05, 0) is 75.1 Å². The summed E-state index contributed by atoms with van der Waals surface area (Å²) in [5.41, 5.74) is 3.15. The van der Waals surface area contributed by atoms with Crippen LogP contribution in [0.15, 0.2) is 42.5 Å². The van der Waals surface area contributed by atoms with Crippen LogP contribution >= 0.6 is 0 Å². The zero-order valence-electron chi connectivity index (χ0n) is 20.5. The summed E-state index contributed by atoms with van der Waals surface area (Å²) in [6, 6.07) is 10.6. The van der Waals surface area contributed by atoms with Gasteiger partial charge in [-0.3, -0.25) is 13.9 Å². The van der Waals surface area contributed by atoms with Gasteiger partial charge in [-0.25, -0.2) is 12.8 Å². The Morgan fingerprint density at radius 2 is 1.65 bits per heavy atom. The molecule has 0 saturated heterocycles. The number of aryl methyl sites for hydroxylation is 2. The minimum atomic E-state index is -3.55. The van der Waals surface area contributed by atoms with E-state index in [0.29, 0.717) is 17.8 Å². The normalized spacial score (nSPS) is 12.2. The third kappa shape index (κ3) is 7.83. The first-order chi connectivity index (χ1) is 15.9. The number of carbonyl (C=O) groups is 2. The average Bonchev–Trinajstić information content (AvgIpc) is 2.74. The summed E-state index contributed by atoms with van der Waals surface area (Å²) < 4.78 is 39.5. The fourth-order valence-corrected chi connectivity index (χ4v) is 4.74. The van der Waals surface area contributed by atoms with Gasteiger partial charge in [-0.1, -0.05) is 18.2 Å². The van der Waals surface area contributed by atoms with Gasteiger partial charge in [0.2, 0.25) is 21.8 Å². The molecule has 2 rings (SSSR count). The summed E-state index contributed by atoms with van der Waals surface area (Å²) in [5, 5.41) is 2.72. The number of amides is 2. The van der Waals surface area contributed by atoms with Crippen molar-refractivity contribution in [1.82, 2.24) is 10.2 Å². The Balaban J connectivity index is 2.17. The van der Waals surface area contributed by atoms with E-state index >= 15 is 0 Å². The summed E-state index contributed by atoms with van der Waals surface area (Å²) in [5.74, 6) is -0.950. The van der Waals surface area contributed by atoms with Crippen molar-refractivity contribution in [2.75, 3.05) is 23.7 Å². The molecule has 1 unspecified atom stereocenters. The number of sulfonamides is 1. The number of carbonyl (C=O) groups excluding carboxylic acids is 2. The highest BCUT2D eigenvalue weighted by Crippen LogP contribution is 2.22. The van der Waals surface area contributed by atoms with Gasteiger partial charge in [0, 0.05) is 26.1 Å². The van der Waals surface area contributed by atoms with Crippen molar-refractivity contribution in [3.63, 3.8) is 0 Å². The zero-order valence-corrected chi connectivity index (χ0v) is 21.3. The van der Waals surface area contributed by atoms with E-state index in [1.165, 1.54) is 21.3 Å². The summed E-state index contributed by atoms with van der Waals surface area (Å²) >= 11 is 0. The Hall–Kier alpha value is -2.94. The third-order valence-corrected chi connectivity index (χ3v) is 6.63. The first kappa shape index (κ1) is 27.3. The van der Waals surface area contributed by atoms with E-state index in [0.717, 1.165) is 17.4 Å². The monoisotopic (exact) mass is 491 g/mol. The van der Waals surface area contributed by atoms with Crippen LogP contribution < -0.4 is 9.62 Å². The van der Waals surface area contributed by atoms with Gasteiger partial charge in [-0.15, -0.1) is 0 Å². The number of benzene rings is 2. The molecule has 34 heavy (non-hydrogen) atoms. The van der Waals surface area contributed by atoms with E-state index in [1.54, 1.807) is 38.1 Å². The Labute approximate surface area is 202 Å². The molecule has 7 nitrogen and oxygen atoms in total. The molecule has 0 aromatic heterocycles. The van der Waals surface area contributed by atoms with Crippen LogP contribution in [0.2, 0.25) is 0 Å². The highest BCUT2D eigenvalue weighted by molar-refractivity contribution is 7.92. The lowest BCUT2D eigenvalue weighted by molar-refractivity contribution is -0.140. The Morgan fingerprint density at radius 3 is 2.18 bits per heavy atom. The first-order valence-corrected chi connectivity index (χ1v) is 13.1. The molecule has 1 atom stereocenters. The van der Waals surface area contributed by atoms with Gasteiger partial charge in [0.05, 0.1) is 11.9 Å². The van der Waals surface area contributed by atoms with Gasteiger partial charge >= 0.3 is 0 Å². The SMILES string of the molecule is CCNC(=O)C(C)N(Cc1ccc(F)cc1)C(=O)CCCN(c1cc(C)cc(C)c1)S(C)(=O)=O. The highest BCUT2D eigenvalue weighted by Gasteiger charge is 2.26. The Morgan fingerprint density at radius 1 is 1.06 bits per heavy atom. The molecule has 1 N–H and O–H groups in total. The van der Waals surface area contributed by atoms with Crippen LogP contribution in [-0.2, 0) is 26.2 Å². The molecular weight excluding hydrogens is 457 g/mol. The molecule has 0 saturated carbocycles. The maximum Gasteiger partial charge on any atom is 0.242 e. The average molecular weight is 492 g/mol. The fourth-order valence-electron chi connectivity index (χ4n) is 3.79. The molecule has 0 bridgehead atoms. The summed E-state index contributed by atoms with van der Waals surface area (Å²) in [6.45, 7) is 7.94. The number of nitrogens with one attached hydrogen (secondary N) is 1. The third-order valence-electron chi connectivity index (χ3n) is 5.43. The largest absolute Gasteiger partial charge is 0.355 e. The van der Waals surface area contributed by atoms with Crippen molar-refractivity contribution in [3.05, 3.63) is 65.0 Å². The van der Waals surface area contributed by atoms with Gasteiger partial charge in [0.1, 0.15) is 11.9 Å². The molecule has 0 aliphatic heterocycles.